The SMILES string of the molecule is CCN(CC)C(=O)c1ccc(S(=O)(=O)Nc2cc(Cl)ccc2OC)cc1. The Labute approximate surface area is 158 Å². The Morgan fingerprint density at radius 2 is 1.73 bits per heavy atom. The minimum atomic E-state index is -3.85. The maximum Gasteiger partial charge on any atom is 0.262 e. The van der Waals surface area contributed by atoms with Gasteiger partial charge in [-0.2, -0.15) is 0 Å². The number of benzene rings is 2. The normalized spacial score (nSPS) is 11.1. The van der Waals surface area contributed by atoms with Crippen molar-refractivity contribution in [2.24, 2.45) is 0 Å². The molecule has 0 saturated carbocycles. The molecule has 6 nitrogen and oxygen atoms in total. The Bertz CT molecular complexity index is 879. The van der Waals surface area contributed by atoms with Gasteiger partial charge in [0.2, 0.25) is 0 Å². The van der Waals surface area contributed by atoms with Crippen molar-refractivity contribution in [1.82, 2.24) is 4.90 Å². The number of rotatable bonds is 7. The topological polar surface area (TPSA) is 75.7 Å². The predicted octanol–water partition coefficient (Wildman–Crippen LogP) is 3.63. The van der Waals surface area contributed by atoms with E-state index in [4.69, 9.17) is 16.3 Å². The number of hydrogen-bond donors (Lipinski definition) is 1. The van der Waals surface area contributed by atoms with Crippen molar-refractivity contribution in [3.8, 4) is 5.75 Å². The Morgan fingerprint density at radius 3 is 2.27 bits per heavy atom. The van der Waals surface area contributed by atoms with Crippen LogP contribution in [0.4, 0.5) is 5.69 Å². The highest BCUT2D eigenvalue weighted by Gasteiger charge is 2.18. The monoisotopic (exact) mass is 396 g/mol. The molecule has 8 heteroatoms. The average molecular weight is 397 g/mol. The zero-order valence-electron chi connectivity index (χ0n) is 14.8. The number of hydrogen-bond acceptors (Lipinski definition) is 4. The number of nitrogens with one attached hydrogen (secondary N) is 1. The Balaban J connectivity index is 2.28. The number of halogens is 1. The van der Waals surface area contributed by atoms with E-state index in [2.05, 4.69) is 4.72 Å². The molecule has 0 unspecified atom stereocenters. The van der Waals surface area contributed by atoms with Gasteiger partial charge in [-0.25, -0.2) is 8.42 Å². The fourth-order valence-corrected chi connectivity index (χ4v) is 3.67. The van der Waals surface area contributed by atoms with E-state index in [9.17, 15) is 13.2 Å². The summed E-state index contributed by atoms with van der Waals surface area (Å²) in [5.74, 6) is 0.217. The molecule has 1 amide bonds. The third-order valence-electron chi connectivity index (χ3n) is 3.87. The predicted molar refractivity (Wildman–Crippen MR) is 103 cm³/mol. The molecule has 0 saturated heterocycles. The Morgan fingerprint density at radius 1 is 1.12 bits per heavy atom. The van der Waals surface area contributed by atoms with E-state index in [1.165, 1.54) is 37.4 Å². The molecule has 0 spiro atoms. The van der Waals surface area contributed by atoms with Crippen molar-refractivity contribution in [3.05, 3.63) is 53.1 Å². The number of nitrogens with zero attached hydrogens (tertiary/aromatic N) is 1. The lowest BCUT2D eigenvalue weighted by atomic mass is 10.2. The summed E-state index contributed by atoms with van der Waals surface area (Å²) in [7, 11) is -2.41. The van der Waals surface area contributed by atoms with E-state index in [-0.39, 0.29) is 16.5 Å². The van der Waals surface area contributed by atoms with Gasteiger partial charge in [0.25, 0.3) is 15.9 Å². The lowest BCUT2D eigenvalue weighted by Gasteiger charge is -2.18. The molecule has 0 aliphatic rings. The second-order valence-electron chi connectivity index (χ2n) is 5.45. The minimum Gasteiger partial charge on any atom is -0.495 e. The fourth-order valence-electron chi connectivity index (χ4n) is 2.43. The van der Waals surface area contributed by atoms with Gasteiger partial charge in [0.15, 0.2) is 0 Å². The highest BCUT2D eigenvalue weighted by atomic mass is 35.5. The summed E-state index contributed by atoms with van der Waals surface area (Å²) in [6.45, 7) is 4.96. The molecular formula is C18H21ClN2O4S. The number of methoxy groups -OCH3 is 1. The third-order valence-corrected chi connectivity index (χ3v) is 5.48. The molecule has 0 radical (unpaired) electrons. The van der Waals surface area contributed by atoms with Crippen molar-refractivity contribution in [2.45, 2.75) is 18.7 Å². The van der Waals surface area contributed by atoms with Crippen LogP contribution in [-0.2, 0) is 10.0 Å². The highest BCUT2D eigenvalue weighted by Crippen LogP contribution is 2.29. The number of ether oxygens (including phenoxy) is 1. The molecule has 1 N–H and O–H groups in total. The Kier molecular flexibility index (Phi) is 6.50. The molecular weight excluding hydrogens is 376 g/mol. The first kappa shape index (κ1) is 20.1. The van der Waals surface area contributed by atoms with Gasteiger partial charge in [-0.3, -0.25) is 9.52 Å². The van der Waals surface area contributed by atoms with Crippen LogP contribution in [0.15, 0.2) is 47.4 Å². The summed E-state index contributed by atoms with van der Waals surface area (Å²) >= 11 is 5.93. The van der Waals surface area contributed by atoms with Gasteiger partial charge in [0.1, 0.15) is 5.75 Å². The van der Waals surface area contributed by atoms with Crippen molar-refractivity contribution in [2.75, 3.05) is 24.9 Å². The quantitative estimate of drug-likeness (QED) is 0.775. The molecule has 0 bridgehead atoms. The summed E-state index contributed by atoms with van der Waals surface area (Å²) in [4.78, 5) is 14.0. The molecule has 26 heavy (non-hydrogen) atoms. The van der Waals surface area contributed by atoms with Crippen molar-refractivity contribution in [3.63, 3.8) is 0 Å². The molecule has 0 aliphatic carbocycles. The van der Waals surface area contributed by atoms with E-state index >= 15 is 0 Å². The van der Waals surface area contributed by atoms with Crippen LogP contribution in [0, 0.1) is 0 Å². The van der Waals surface area contributed by atoms with Crippen molar-refractivity contribution in [1.29, 1.82) is 0 Å². The van der Waals surface area contributed by atoms with E-state index in [1.807, 2.05) is 13.8 Å². The van der Waals surface area contributed by atoms with E-state index in [1.54, 1.807) is 17.0 Å². The standard InChI is InChI=1S/C18H21ClN2O4S/c1-4-21(5-2)18(22)13-6-9-15(10-7-13)26(23,24)20-16-12-14(19)8-11-17(16)25-3/h6-12,20H,4-5H2,1-3H3. The van der Waals surface area contributed by atoms with Gasteiger partial charge < -0.3 is 9.64 Å². The number of carbonyl (C=O) groups excluding carboxylic acids is 1. The summed E-state index contributed by atoms with van der Waals surface area (Å²) < 4.78 is 32.8. The van der Waals surface area contributed by atoms with Gasteiger partial charge in [-0.05, 0) is 56.3 Å². The second kappa shape index (κ2) is 8.42. The van der Waals surface area contributed by atoms with Gasteiger partial charge in [-0.15, -0.1) is 0 Å². The molecule has 0 fully saturated rings. The molecule has 0 aliphatic heterocycles. The average Bonchev–Trinajstić information content (AvgIpc) is 2.62. The van der Waals surface area contributed by atoms with Gasteiger partial charge in [0.05, 0.1) is 17.7 Å². The van der Waals surface area contributed by atoms with Crippen LogP contribution >= 0.6 is 11.6 Å². The zero-order chi connectivity index (χ0) is 19.3. The van der Waals surface area contributed by atoms with Crippen LogP contribution in [0.1, 0.15) is 24.2 Å². The van der Waals surface area contributed by atoms with Crippen LogP contribution in [0.2, 0.25) is 5.02 Å². The van der Waals surface area contributed by atoms with Crippen molar-refractivity contribution >= 4 is 33.2 Å². The summed E-state index contributed by atoms with van der Waals surface area (Å²) in [5, 5.41) is 0.378. The van der Waals surface area contributed by atoms with E-state index in [0.29, 0.717) is 29.4 Å². The van der Waals surface area contributed by atoms with Crippen molar-refractivity contribution < 1.29 is 17.9 Å². The van der Waals surface area contributed by atoms with Gasteiger partial charge in [0, 0.05) is 23.7 Å². The first-order valence-corrected chi connectivity index (χ1v) is 9.94. The number of sulfonamides is 1. The summed E-state index contributed by atoms with van der Waals surface area (Å²) in [6, 6.07) is 10.5. The lowest BCUT2D eigenvalue weighted by Crippen LogP contribution is -2.30. The highest BCUT2D eigenvalue weighted by molar-refractivity contribution is 7.92. The first-order chi connectivity index (χ1) is 12.3. The Hall–Kier alpha value is -2.25. The molecule has 2 rings (SSSR count). The van der Waals surface area contributed by atoms with Gasteiger partial charge in [-0.1, -0.05) is 11.6 Å². The van der Waals surface area contributed by atoms with E-state index in [0.717, 1.165) is 0 Å². The molecule has 2 aromatic carbocycles. The van der Waals surface area contributed by atoms with E-state index < -0.39 is 10.0 Å². The number of carbonyl (C=O) groups is 1. The summed E-state index contributed by atoms with van der Waals surface area (Å²) in [5.41, 5.74) is 0.677. The number of anilines is 1. The van der Waals surface area contributed by atoms with Crippen LogP contribution < -0.4 is 9.46 Å². The maximum atomic E-state index is 12.6. The molecule has 2 aromatic rings. The van der Waals surface area contributed by atoms with Crippen LogP contribution in [0.25, 0.3) is 0 Å². The number of amides is 1. The smallest absolute Gasteiger partial charge is 0.262 e. The van der Waals surface area contributed by atoms with Crippen LogP contribution in [0.3, 0.4) is 0 Å². The molecule has 140 valence electrons. The first-order valence-electron chi connectivity index (χ1n) is 8.08. The zero-order valence-corrected chi connectivity index (χ0v) is 16.4. The maximum absolute atomic E-state index is 12.6. The van der Waals surface area contributed by atoms with Crippen LogP contribution in [0.5, 0.6) is 5.75 Å². The second-order valence-corrected chi connectivity index (χ2v) is 7.57. The third kappa shape index (κ3) is 4.47. The summed E-state index contributed by atoms with van der Waals surface area (Å²) in [6.07, 6.45) is 0. The molecule has 0 aromatic heterocycles. The van der Waals surface area contributed by atoms with Crippen LogP contribution in [-0.4, -0.2) is 39.4 Å². The minimum absolute atomic E-state index is 0.0376. The van der Waals surface area contributed by atoms with Gasteiger partial charge >= 0.3 is 0 Å². The molecule has 0 atom stereocenters. The molecule has 0 heterocycles. The lowest BCUT2D eigenvalue weighted by molar-refractivity contribution is 0.0773. The fraction of sp³-hybridized carbons (Fsp3) is 0.278. The largest absolute Gasteiger partial charge is 0.495 e.